The molecule has 200 valence electrons. The van der Waals surface area contributed by atoms with Crippen molar-refractivity contribution in [1.29, 1.82) is 0 Å². The molecule has 9 heteroatoms. The lowest BCUT2D eigenvalue weighted by Crippen LogP contribution is -2.27. The number of allylic oxidation sites excluding steroid dienone is 2. The summed E-state index contributed by atoms with van der Waals surface area (Å²) in [5.74, 6) is -0.396. The highest BCUT2D eigenvalue weighted by Crippen LogP contribution is 2.30. The minimum Gasteiger partial charge on any atom is -0.363 e. The van der Waals surface area contributed by atoms with Crippen molar-refractivity contribution in [3.8, 4) is 22.6 Å². The first-order chi connectivity index (χ1) is 19.2. The number of nitrogens with zero attached hydrogens (tertiary/aromatic N) is 3. The Balaban J connectivity index is 1.44. The molecule has 1 aliphatic heterocycles. The summed E-state index contributed by atoms with van der Waals surface area (Å²) >= 11 is 0. The van der Waals surface area contributed by atoms with Crippen molar-refractivity contribution in [1.82, 2.24) is 30.5 Å². The molecule has 0 saturated heterocycles. The van der Waals surface area contributed by atoms with Crippen LogP contribution in [0.5, 0.6) is 0 Å². The lowest BCUT2D eigenvalue weighted by atomic mass is 9.95. The maximum atomic E-state index is 14.0. The smallest absolute Gasteiger partial charge is 0.229 e. The van der Waals surface area contributed by atoms with Crippen LogP contribution in [0, 0.1) is 11.2 Å². The Labute approximate surface area is 229 Å². The van der Waals surface area contributed by atoms with Gasteiger partial charge >= 0.3 is 0 Å². The molecule has 1 aliphatic rings. The van der Waals surface area contributed by atoms with E-state index in [4.69, 9.17) is 0 Å². The van der Waals surface area contributed by atoms with Crippen LogP contribution in [0.1, 0.15) is 33.3 Å². The van der Waals surface area contributed by atoms with E-state index in [0.29, 0.717) is 16.9 Å². The first kappa shape index (κ1) is 25.2. The number of nitrogens with one attached hydrogen (secondary N) is 4. The maximum absolute atomic E-state index is 14.0. The van der Waals surface area contributed by atoms with Gasteiger partial charge in [0.15, 0.2) is 0 Å². The van der Waals surface area contributed by atoms with Crippen molar-refractivity contribution in [3.05, 3.63) is 88.7 Å². The number of rotatable bonds is 4. The SMILES string of the molecule is CC1=C(c2cncc(NC(=O)C(C)(C)C)c2)C=c2c(-c3cc4c(-c5cccc(F)c5)nccc4[nH]3)n[nH]c2=CN1. The maximum Gasteiger partial charge on any atom is 0.229 e. The van der Waals surface area contributed by atoms with Crippen molar-refractivity contribution >= 4 is 40.3 Å². The molecule has 0 bridgehead atoms. The number of hydrogen-bond donors (Lipinski definition) is 4. The van der Waals surface area contributed by atoms with Gasteiger partial charge in [0.05, 0.1) is 28.6 Å². The van der Waals surface area contributed by atoms with Gasteiger partial charge in [-0.05, 0) is 43.3 Å². The Bertz CT molecular complexity index is 1940. The predicted octanol–water partition coefficient (Wildman–Crippen LogP) is 4.69. The zero-order chi connectivity index (χ0) is 28.0. The number of benzene rings is 1. The minimum absolute atomic E-state index is 0.0845. The Morgan fingerprint density at radius 3 is 2.67 bits per heavy atom. The molecule has 6 rings (SSSR count). The number of carbonyl (C=O) groups is 1. The van der Waals surface area contributed by atoms with Gasteiger partial charge in [-0.2, -0.15) is 5.10 Å². The zero-order valence-corrected chi connectivity index (χ0v) is 22.6. The molecule has 5 heterocycles. The third-order valence-corrected chi connectivity index (χ3v) is 6.85. The number of hydrogen-bond acceptors (Lipinski definition) is 5. The van der Waals surface area contributed by atoms with Crippen molar-refractivity contribution in [3.63, 3.8) is 0 Å². The molecule has 0 unspecified atom stereocenters. The number of halogens is 1. The molecule has 0 spiro atoms. The summed E-state index contributed by atoms with van der Waals surface area (Å²) in [7, 11) is 0. The van der Waals surface area contributed by atoms with Crippen LogP contribution in [0.25, 0.3) is 51.4 Å². The molecule has 0 saturated carbocycles. The molecule has 8 nitrogen and oxygen atoms in total. The van der Waals surface area contributed by atoms with E-state index >= 15 is 0 Å². The quantitative estimate of drug-likeness (QED) is 0.268. The first-order valence-electron chi connectivity index (χ1n) is 12.9. The fourth-order valence-corrected chi connectivity index (χ4v) is 4.66. The van der Waals surface area contributed by atoms with Crippen LogP contribution in [0.2, 0.25) is 0 Å². The van der Waals surface area contributed by atoms with E-state index in [1.165, 1.54) is 12.1 Å². The molecule has 0 aliphatic carbocycles. The van der Waals surface area contributed by atoms with Gasteiger partial charge in [-0.3, -0.25) is 19.9 Å². The lowest BCUT2D eigenvalue weighted by Gasteiger charge is -2.18. The Morgan fingerprint density at radius 1 is 1.02 bits per heavy atom. The number of pyridine rings is 2. The third kappa shape index (κ3) is 4.66. The van der Waals surface area contributed by atoms with E-state index in [0.717, 1.165) is 49.7 Å². The van der Waals surface area contributed by atoms with Gasteiger partial charge in [0.25, 0.3) is 0 Å². The van der Waals surface area contributed by atoms with Gasteiger partial charge in [0.2, 0.25) is 5.91 Å². The molecular weight excluding hydrogens is 505 g/mol. The number of H-pyrrole nitrogens is 2. The van der Waals surface area contributed by atoms with Gasteiger partial charge in [0, 0.05) is 62.5 Å². The van der Waals surface area contributed by atoms with Gasteiger partial charge in [0.1, 0.15) is 11.5 Å². The van der Waals surface area contributed by atoms with E-state index in [1.54, 1.807) is 24.7 Å². The standard InChI is InChI=1S/C31H28FN7O/c1-17-22(19-11-21(15-33-14-19)36-30(40)31(2,3)4)12-23-27(16-35-17)38-39-29(23)26-13-24-25(37-26)8-9-34-28(24)18-6-5-7-20(32)10-18/h5-16,35,37-38H,1-4H3,(H,36,40). The third-order valence-electron chi connectivity index (χ3n) is 6.85. The van der Waals surface area contributed by atoms with Crippen LogP contribution >= 0.6 is 0 Å². The normalized spacial score (nSPS) is 13.2. The van der Waals surface area contributed by atoms with E-state index in [1.807, 2.05) is 58.2 Å². The molecule has 4 aromatic heterocycles. The van der Waals surface area contributed by atoms with Crippen LogP contribution in [0.15, 0.2) is 66.8 Å². The summed E-state index contributed by atoms with van der Waals surface area (Å²) in [6, 6.07) is 12.2. The molecule has 5 aromatic rings. The highest BCUT2D eigenvalue weighted by Gasteiger charge is 2.22. The van der Waals surface area contributed by atoms with Crippen molar-refractivity contribution in [2.24, 2.45) is 5.41 Å². The summed E-state index contributed by atoms with van der Waals surface area (Å²) in [5.41, 5.74) is 6.57. The average Bonchev–Trinajstić information content (AvgIpc) is 3.49. The van der Waals surface area contributed by atoms with Gasteiger partial charge in [-0.25, -0.2) is 4.39 Å². The second kappa shape index (κ2) is 9.60. The van der Waals surface area contributed by atoms with Gasteiger partial charge < -0.3 is 15.6 Å². The fourth-order valence-electron chi connectivity index (χ4n) is 4.66. The molecule has 0 fully saturated rings. The number of aromatic nitrogens is 5. The lowest BCUT2D eigenvalue weighted by molar-refractivity contribution is -0.123. The monoisotopic (exact) mass is 533 g/mol. The Kier molecular flexibility index (Phi) is 6.06. The second-order valence-corrected chi connectivity index (χ2v) is 10.9. The highest BCUT2D eigenvalue weighted by atomic mass is 19.1. The number of fused-ring (bicyclic) bond motifs is 2. The minimum atomic E-state index is -0.527. The van der Waals surface area contributed by atoms with E-state index < -0.39 is 5.41 Å². The van der Waals surface area contributed by atoms with Crippen LogP contribution in [0.4, 0.5) is 10.1 Å². The zero-order valence-electron chi connectivity index (χ0n) is 22.6. The van der Waals surface area contributed by atoms with Crippen molar-refractivity contribution in [2.45, 2.75) is 27.7 Å². The van der Waals surface area contributed by atoms with Gasteiger partial charge in [-0.15, -0.1) is 0 Å². The van der Waals surface area contributed by atoms with Crippen LogP contribution in [-0.4, -0.2) is 31.1 Å². The second-order valence-electron chi connectivity index (χ2n) is 10.9. The molecule has 1 aromatic carbocycles. The largest absolute Gasteiger partial charge is 0.363 e. The number of aromatic amines is 2. The van der Waals surface area contributed by atoms with Gasteiger partial charge in [-0.1, -0.05) is 32.9 Å². The topological polar surface area (TPSA) is 111 Å². The molecular formula is C31H28FN7O. The fraction of sp³-hybridized carbons (Fsp3) is 0.161. The van der Waals surface area contributed by atoms with Crippen LogP contribution in [-0.2, 0) is 4.79 Å². The average molecular weight is 534 g/mol. The van der Waals surface area contributed by atoms with E-state index in [9.17, 15) is 9.18 Å². The van der Waals surface area contributed by atoms with E-state index in [-0.39, 0.29) is 11.7 Å². The number of anilines is 1. The van der Waals surface area contributed by atoms with Crippen molar-refractivity contribution in [2.75, 3.05) is 5.32 Å². The molecule has 4 N–H and O–H groups in total. The summed E-state index contributed by atoms with van der Waals surface area (Å²) in [6.07, 6.45) is 9.06. The number of amides is 1. The van der Waals surface area contributed by atoms with Crippen molar-refractivity contribution < 1.29 is 9.18 Å². The summed E-state index contributed by atoms with van der Waals surface area (Å²) in [5, 5.41) is 16.6. The Morgan fingerprint density at radius 2 is 1.88 bits per heavy atom. The summed E-state index contributed by atoms with van der Waals surface area (Å²) in [6.45, 7) is 7.60. The summed E-state index contributed by atoms with van der Waals surface area (Å²) < 4.78 is 14.0. The molecule has 40 heavy (non-hydrogen) atoms. The predicted molar refractivity (Wildman–Crippen MR) is 155 cm³/mol. The van der Waals surface area contributed by atoms with Crippen LogP contribution < -0.4 is 21.2 Å². The van der Waals surface area contributed by atoms with Crippen LogP contribution in [0.3, 0.4) is 0 Å². The molecule has 0 radical (unpaired) electrons. The summed E-state index contributed by atoms with van der Waals surface area (Å²) in [4.78, 5) is 24.9. The van der Waals surface area contributed by atoms with E-state index in [2.05, 4.69) is 41.9 Å². The first-order valence-corrected chi connectivity index (χ1v) is 12.9. The molecule has 0 atom stereocenters. The molecule has 1 amide bonds. The number of carbonyl (C=O) groups excluding carboxylic acids is 1. The highest BCUT2D eigenvalue weighted by molar-refractivity contribution is 5.98. The Hall–Kier alpha value is -5.05.